The second-order valence-corrected chi connectivity index (χ2v) is 3.39. The number of rotatable bonds is 1. The highest BCUT2D eigenvalue weighted by Crippen LogP contribution is 2.32. The van der Waals surface area contributed by atoms with Crippen molar-refractivity contribution in [2.45, 2.75) is 12.6 Å². The highest BCUT2D eigenvalue weighted by Gasteiger charge is 2.32. The van der Waals surface area contributed by atoms with Gasteiger partial charge in [-0.2, -0.15) is 18.4 Å². The lowest BCUT2D eigenvalue weighted by Crippen LogP contribution is -2.04. The average Bonchev–Trinajstić information content (AvgIpc) is 2.62. The van der Waals surface area contributed by atoms with E-state index in [1.54, 1.807) is 18.2 Å². The summed E-state index contributed by atoms with van der Waals surface area (Å²) in [4.78, 5) is 2.30. The predicted octanol–water partition coefficient (Wildman–Crippen LogP) is 3.25. The molecule has 16 heavy (non-hydrogen) atoms. The van der Waals surface area contributed by atoms with E-state index < -0.39 is 11.9 Å². The molecule has 0 unspecified atom stereocenters. The van der Waals surface area contributed by atoms with E-state index in [0.29, 0.717) is 16.5 Å². The fourth-order valence-electron chi connectivity index (χ4n) is 1.61. The van der Waals surface area contributed by atoms with Crippen LogP contribution in [0.5, 0.6) is 0 Å². The molecular weight excluding hydrogens is 217 g/mol. The third-order valence-electron chi connectivity index (χ3n) is 2.33. The van der Waals surface area contributed by atoms with Crippen molar-refractivity contribution in [3.63, 3.8) is 0 Å². The van der Waals surface area contributed by atoms with Gasteiger partial charge in [-0.15, -0.1) is 0 Å². The van der Waals surface area contributed by atoms with Gasteiger partial charge in [-0.3, -0.25) is 0 Å². The SMILES string of the molecule is N#CCc1cccc2[nH]c(C(F)(F)F)cc12. The predicted molar refractivity (Wildman–Crippen MR) is 52.6 cm³/mol. The van der Waals surface area contributed by atoms with Gasteiger partial charge in [0, 0.05) is 10.9 Å². The van der Waals surface area contributed by atoms with Gasteiger partial charge in [-0.1, -0.05) is 12.1 Å². The van der Waals surface area contributed by atoms with Gasteiger partial charge >= 0.3 is 6.18 Å². The molecule has 0 aliphatic carbocycles. The lowest BCUT2D eigenvalue weighted by molar-refractivity contribution is -0.140. The summed E-state index contributed by atoms with van der Waals surface area (Å²) in [5.74, 6) is 0. The van der Waals surface area contributed by atoms with Crippen LogP contribution in [0.25, 0.3) is 10.9 Å². The Morgan fingerprint density at radius 2 is 2.06 bits per heavy atom. The summed E-state index contributed by atoms with van der Waals surface area (Å²) in [5, 5.41) is 9.02. The smallest absolute Gasteiger partial charge is 0.351 e. The van der Waals surface area contributed by atoms with E-state index in [9.17, 15) is 13.2 Å². The molecule has 2 nitrogen and oxygen atoms in total. The van der Waals surface area contributed by atoms with E-state index in [2.05, 4.69) is 4.98 Å². The van der Waals surface area contributed by atoms with E-state index in [4.69, 9.17) is 5.26 Å². The zero-order valence-electron chi connectivity index (χ0n) is 8.10. The Morgan fingerprint density at radius 1 is 1.31 bits per heavy atom. The van der Waals surface area contributed by atoms with Crippen LogP contribution < -0.4 is 0 Å². The number of nitrogens with zero attached hydrogens (tertiary/aromatic N) is 1. The molecule has 0 amide bonds. The highest BCUT2D eigenvalue weighted by atomic mass is 19.4. The van der Waals surface area contributed by atoms with Crippen LogP contribution in [0, 0.1) is 11.3 Å². The molecule has 1 N–H and O–H groups in total. The van der Waals surface area contributed by atoms with E-state index >= 15 is 0 Å². The molecule has 0 saturated heterocycles. The molecule has 0 bridgehead atoms. The number of hydrogen-bond donors (Lipinski definition) is 1. The molecule has 0 atom stereocenters. The van der Waals surface area contributed by atoms with Gasteiger partial charge in [0.05, 0.1) is 12.5 Å². The van der Waals surface area contributed by atoms with Crippen molar-refractivity contribution in [1.29, 1.82) is 5.26 Å². The zero-order chi connectivity index (χ0) is 11.8. The quantitative estimate of drug-likeness (QED) is 0.793. The Hall–Kier alpha value is -1.96. The fourth-order valence-corrected chi connectivity index (χ4v) is 1.61. The van der Waals surface area contributed by atoms with Crippen LogP contribution in [0.1, 0.15) is 11.3 Å². The molecule has 0 radical (unpaired) electrons. The van der Waals surface area contributed by atoms with E-state index in [-0.39, 0.29) is 6.42 Å². The number of alkyl halides is 3. The summed E-state index contributed by atoms with van der Waals surface area (Å²) < 4.78 is 37.3. The molecule has 5 heteroatoms. The van der Waals surface area contributed by atoms with Crippen molar-refractivity contribution >= 4 is 10.9 Å². The maximum absolute atomic E-state index is 12.4. The lowest BCUT2D eigenvalue weighted by atomic mass is 10.1. The first kappa shape index (κ1) is 10.6. The first-order valence-electron chi connectivity index (χ1n) is 4.57. The minimum absolute atomic E-state index is 0.104. The summed E-state index contributed by atoms with van der Waals surface area (Å²) in [6.07, 6.45) is -4.28. The maximum Gasteiger partial charge on any atom is 0.431 e. The third-order valence-corrected chi connectivity index (χ3v) is 2.33. The first-order chi connectivity index (χ1) is 7.52. The summed E-state index contributed by atoms with van der Waals surface area (Å²) >= 11 is 0. The number of H-pyrrole nitrogens is 1. The highest BCUT2D eigenvalue weighted by molar-refractivity contribution is 5.84. The van der Waals surface area contributed by atoms with Crippen molar-refractivity contribution in [1.82, 2.24) is 4.98 Å². The van der Waals surface area contributed by atoms with Crippen LogP contribution in [-0.2, 0) is 12.6 Å². The molecule has 2 aromatic rings. The number of halogens is 3. The van der Waals surface area contributed by atoms with Crippen LogP contribution >= 0.6 is 0 Å². The standard InChI is InChI=1S/C11H7F3N2/c12-11(13,14)10-6-8-7(4-5-15)2-1-3-9(8)16-10/h1-3,6,16H,4H2. The Kier molecular flexibility index (Phi) is 2.35. The largest absolute Gasteiger partial charge is 0.431 e. The van der Waals surface area contributed by atoms with Crippen LogP contribution in [0.15, 0.2) is 24.3 Å². The molecule has 1 aromatic carbocycles. The van der Waals surface area contributed by atoms with Crippen molar-refractivity contribution < 1.29 is 13.2 Å². The van der Waals surface area contributed by atoms with Crippen LogP contribution in [-0.4, -0.2) is 4.98 Å². The zero-order valence-corrected chi connectivity index (χ0v) is 8.10. The molecule has 0 aliphatic heterocycles. The number of nitriles is 1. The van der Waals surface area contributed by atoms with Gasteiger partial charge in [0.2, 0.25) is 0 Å². The van der Waals surface area contributed by atoms with Gasteiger partial charge in [-0.25, -0.2) is 0 Å². The van der Waals surface area contributed by atoms with Crippen molar-refractivity contribution in [3.8, 4) is 6.07 Å². The van der Waals surface area contributed by atoms with Crippen molar-refractivity contribution in [2.24, 2.45) is 0 Å². The lowest BCUT2D eigenvalue weighted by Gasteiger charge is -2.00. The van der Waals surface area contributed by atoms with E-state index in [0.717, 1.165) is 6.07 Å². The Labute approximate surface area is 89.3 Å². The minimum atomic E-state index is -4.39. The summed E-state index contributed by atoms with van der Waals surface area (Å²) in [6.45, 7) is 0. The Balaban J connectivity index is 2.62. The first-order valence-corrected chi connectivity index (χ1v) is 4.57. The number of benzene rings is 1. The maximum atomic E-state index is 12.4. The van der Waals surface area contributed by atoms with E-state index in [1.807, 2.05) is 6.07 Å². The number of nitrogens with one attached hydrogen (secondary N) is 1. The second-order valence-electron chi connectivity index (χ2n) is 3.39. The van der Waals surface area contributed by atoms with Crippen LogP contribution in [0.4, 0.5) is 13.2 Å². The summed E-state index contributed by atoms with van der Waals surface area (Å²) in [7, 11) is 0. The molecule has 2 rings (SSSR count). The third kappa shape index (κ3) is 1.74. The molecular formula is C11H7F3N2. The monoisotopic (exact) mass is 224 g/mol. The number of aromatic amines is 1. The summed E-state index contributed by atoms with van der Waals surface area (Å²) in [6, 6.07) is 7.82. The molecule has 0 saturated carbocycles. The molecule has 82 valence electrons. The van der Waals surface area contributed by atoms with Gasteiger partial charge in [-0.05, 0) is 17.7 Å². The number of fused-ring (bicyclic) bond motifs is 1. The normalized spacial score (nSPS) is 11.6. The van der Waals surface area contributed by atoms with Gasteiger partial charge in [0.15, 0.2) is 0 Å². The van der Waals surface area contributed by atoms with Gasteiger partial charge in [0.25, 0.3) is 0 Å². The average molecular weight is 224 g/mol. The van der Waals surface area contributed by atoms with Crippen LogP contribution in [0.2, 0.25) is 0 Å². The number of hydrogen-bond acceptors (Lipinski definition) is 1. The topological polar surface area (TPSA) is 39.6 Å². The Bertz CT molecular complexity index is 561. The van der Waals surface area contributed by atoms with Crippen LogP contribution in [0.3, 0.4) is 0 Å². The second kappa shape index (κ2) is 3.56. The van der Waals surface area contributed by atoms with Gasteiger partial charge < -0.3 is 4.98 Å². The molecule has 1 aromatic heterocycles. The van der Waals surface area contributed by atoms with E-state index in [1.165, 1.54) is 0 Å². The molecule has 0 spiro atoms. The van der Waals surface area contributed by atoms with Crippen molar-refractivity contribution in [2.75, 3.05) is 0 Å². The minimum Gasteiger partial charge on any atom is -0.351 e. The number of aromatic nitrogens is 1. The Morgan fingerprint density at radius 3 is 2.69 bits per heavy atom. The van der Waals surface area contributed by atoms with Crippen molar-refractivity contribution in [3.05, 3.63) is 35.5 Å². The molecule has 0 fully saturated rings. The molecule has 1 heterocycles. The van der Waals surface area contributed by atoms with Gasteiger partial charge in [0.1, 0.15) is 5.69 Å². The fraction of sp³-hybridized carbons (Fsp3) is 0.182. The summed E-state index contributed by atoms with van der Waals surface area (Å²) in [5.41, 5.74) is 0.222. The molecule has 0 aliphatic rings.